The van der Waals surface area contributed by atoms with Gasteiger partial charge in [0, 0.05) is 31.0 Å². The minimum Gasteiger partial charge on any atom is -0.343 e. The van der Waals surface area contributed by atoms with E-state index in [1.807, 2.05) is 11.8 Å². The van der Waals surface area contributed by atoms with Crippen molar-refractivity contribution in [1.82, 2.24) is 4.90 Å². The molecule has 1 amide bonds. The van der Waals surface area contributed by atoms with Gasteiger partial charge in [0.25, 0.3) is 0 Å². The van der Waals surface area contributed by atoms with Crippen LogP contribution in [0.3, 0.4) is 0 Å². The summed E-state index contributed by atoms with van der Waals surface area (Å²) in [7, 11) is 0. The van der Waals surface area contributed by atoms with Crippen LogP contribution in [0.4, 0.5) is 0 Å². The van der Waals surface area contributed by atoms with E-state index >= 15 is 0 Å². The van der Waals surface area contributed by atoms with E-state index in [-0.39, 0.29) is 5.54 Å². The summed E-state index contributed by atoms with van der Waals surface area (Å²) in [5.41, 5.74) is 6.08. The van der Waals surface area contributed by atoms with Crippen molar-refractivity contribution in [2.75, 3.05) is 13.1 Å². The molecule has 0 radical (unpaired) electrons. The maximum absolute atomic E-state index is 11.4. The summed E-state index contributed by atoms with van der Waals surface area (Å²) in [6.45, 7) is 3.76. The van der Waals surface area contributed by atoms with Gasteiger partial charge in [-0.1, -0.05) is 0 Å². The monoisotopic (exact) mass is 168 g/mol. The molecule has 1 heterocycles. The predicted molar refractivity (Wildman–Crippen MR) is 46.5 cm³/mol. The van der Waals surface area contributed by atoms with Crippen LogP contribution < -0.4 is 5.73 Å². The molecule has 2 rings (SSSR count). The second-order valence-corrected chi connectivity index (χ2v) is 4.07. The highest BCUT2D eigenvalue weighted by molar-refractivity contribution is 5.79. The van der Waals surface area contributed by atoms with Gasteiger partial charge in [-0.05, 0) is 19.8 Å². The Morgan fingerprint density at radius 1 is 1.67 bits per heavy atom. The highest BCUT2D eigenvalue weighted by Crippen LogP contribution is 2.43. The highest BCUT2D eigenvalue weighted by atomic mass is 16.2. The van der Waals surface area contributed by atoms with Crippen LogP contribution in [0.5, 0.6) is 0 Å². The zero-order valence-corrected chi connectivity index (χ0v) is 7.55. The van der Waals surface area contributed by atoms with Gasteiger partial charge < -0.3 is 10.6 Å². The van der Waals surface area contributed by atoms with E-state index in [9.17, 15) is 4.79 Å². The van der Waals surface area contributed by atoms with Crippen molar-refractivity contribution in [3.8, 4) is 0 Å². The zero-order valence-electron chi connectivity index (χ0n) is 7.55. The van der Waals surface area contributed by atoms with Crippen molar-refractivity contribution >= 4 is 5.91 Å². The van der Waals surface area contributed by atoms with Gasteiger partial charge in [0.1, 0.15) is 0 Å². The zero-order chi connectivity index (χ0) is 8.77. The molecule has 2 fully saturated rings. The summed E-state index contributed by atoms with van der Waals surface area (Å²) in [5.74, 6) is 0.726. The molecule has 1 saturated carbocycles. The van der Waals surface area contributed by atoms with Crippen LogP contribution in [-0.4, -0.2) is 29.4 Å². The Morgan fingerprint density at radius 2 is 2.33 bits per heavy atom. The van der Waals surface area contributed by atoms with E-state index in [1.165, 1.54) is 0 Å². The van der Waals surface area contributed by atoms with Crippen molar-refractivity contribution in [3.63, 3.8) is 0 Å². The van der Waals surface area contributed by atoms with Crippen LogP contribution in [0.15, 0.2) is 0 Å². The van der Waals surface area contributed by atoms with Crippen molar-refractivity contribution in [1.29, 1.82) is 0 Å². The highest BCUT2D eigenvalue weighted by Gasteiger charge is 2.49. The van der Waals surface area contributed by atoms with Gasteiger partial charge in [0.15, 0.2) is 0 Å². The summed E-state index contributed by atoms with van der Waals surface area (Å²) < 4.78 is 0. The first-order valence-electron chi connectivity index (χ1n) is 4.72. The molecule has 0 aromatic heterocycles. The quantitative estimate of drug-likeness (QED) is 0.646. The predicted octanol–water partition coefficient (Wildman–Crippen LogP) is 0.346. The summed E-state index contributed by atoms with van der Waals surface area (Å²) in [6, 6.07) is 0. The molecule has 0 spiro atoms. The molecular weight excluding hydrogens is 152 g/mol. The van der Waals surface area contributed by atoms with Gasteiger partial charge in [-0.25, -0.2) is 0 Å². The van der Waals surface area contributed by atoms with Crippen LogP contribution in [0.1, 0.15) is 26.2 Å². The first-order valence-corrected chi connectivity index (χ1v) is 4.72. The Bertz CT molecular complexity index is 211. The molecule has 1 saturated heterocycles. The maximum Gasteiger partial charge on any atom is 0.222 e. The molecule has 0 aromatic rings. The summed E-state index contributed by atoms with van der Waals surface area (Å²) in [4.78, 5) is 13.3. The van der Waals surface area contributed by atoms with Gasteiger partial charge >= 0.3 is 0 Å². The molecule has 3 heteroatoms. The average molecular weight is 168 g/mol. The van der Waals surface area contributed by atoms with Crippen LogP contribution in [0, 0.1) is 5.92 Å². The lowest BCUT2D eigenvalue weighted by atomic mass is 9.97. The normalized spacial score (nSPS) is 32.7. The fraction of sp³-hybridized carbons (Fsp3) is 0.889. The first kappa shape index (κ1) is 8.05. The smallest absolute Gasteiger partial charge is 0.222 e. The van der Waals surface area contributed by atoms with Crippen molar-refractivity contribution < 1.29 is 4.79 Å². The van der Waals surface area contributed by atoms with Crippen molar-refractivity contribution in [3.05, 3.63) is 0 Å². The topological polar surface area (TPSA) is 46.3 Å². The van der Waals surface area contributed by atoms with Gasteiger partial charge in [-0.2, -0.15) is 0 Å². The average Bonchev–Trinajstić information content (AvgIpc) is 2.65. The Hall–Kier alpha value is -0.570. The number of hydrogen-bond donors (Lipinski definition) is 1. The third-order valence-electron chi connectivity index (χ3n) is 3.24. The molecule has 3 nitrogen and oxygen atoms in total. The summed E-state index contributed by atoms with van der Waals surface area (Å²) in [6.07, 6.45) is 2.91. The number of nitrogens with zero attached hydrogens (tertiary/aromatic N) is 1. The lowest BCUT2D eigenvalue weighted by Crippen LogP contribution is -2.34. The number of carbonyl (C=O) groups is 1. The molecule has 1 aliphatic carbocycles. The van der Waals surface area contributed by atoms with Crippen molar-refractivity contribution in [2.45, 2.75) is 31.7 Å². The lowest BCUT2D eigenvalue weighted by molar-refractivity contribution is -0.127. The number of rotatable bonds is 2. The maximum atomic E-state index is 11.4. The minimum atomic E-state index is 0.0274. The van der Waals surface area contributed by atoms with Gasteiger partial charge in [-0.15, -0.1) is 0 Å². The SMILES string of the molecule is CCN1CC(C2(N)CC2)CC1=O. The van der Waals surface area contributed by atoms with E-state index in [1.54, 1.807) is 0 Å². The second-order valence-electron chi connectivity index (χ2n) is 4.07. The molecule has 1 atom stereocenters. The molecule has 1 unspecified atom stereocenters. The van der Waals surface area contributed by atoms with Crippen LogP contribution in [0.25, 0.3) is 0 Å². The third kappa shape index (κ3) is 1.12. The Labute approximate surface area is 72.9 Å². The van der Waals surface area contributed by atoms with Crippen LogP contribution in [0.2, 0.25) is 0 Å². The van der Waals surface area contributed by atoms with Crippen LogP contribution in [-0.2, 0) is 4.79 Å². The second kappa shape index (κ2) is 2.46. The third-order valence-corrected chi connectivity index (χ3v) is 3.24. The van der Waals surface area contributed by atoms with Gasteiger partial charge in [-0.3, -0.25) is 4.79 Å². The Morgan fingerprint density at radius 3 is 2.75 bits per heavy atom. The van der Waals surface area contributed by atoms with Gasteiger partial charge in [0.05, 0.1) is 0 Å². The van der Waals surface area contributed by atoms with E-state index in [2.05, 4.69) is 0 Å². The lowest BCUT2D eigenvalue weighted by Gasteiger charge is -2.17. The fourth-order valence-electron chi connectivity index (χ4n) is 2.02. The molecule has 0 bridgehead atoms. The fourth-order valence-corrected chi connectivity index (χ4v) is 2.02. The Balaban J connectivity index is 2.01. The number of nitrogens with two attached hydrogens (primary N) is 1. The molecule has 68 valence electrons. The molecular formula is C9H16N2O. The number of carbonyl (C=O) groups excluding carboxylic acids is 1. The Kier molecular flexibility index (Phi) is 1.65. The molecule has 12 heavy (non-hydrogen) atoms. The minimum absolute atomic E-state index is 0.0274. The summed E-state index contributed by atoms with van der Waals surface area (Å²) >= 11 is 0. The summed E-state index contributed by atoms with van der Waals surface area (Å²) in [5, 5.41) is 0. The molecule has 2 N–H and O–H groups in total. The van der Waals surface area contributed by atoms with E-state index in [0.29, 0.717) is 18.2 Å². The largest absolute Gasteiger partial charge is 0.343 e. The van der Waals surface area contributed by atoms with Crippen molar-refractivity contribution in [2.24, 2.45) is 11.7 Å². The van der Waals surface area contributed by atoms with E-state index in [4.69, 9.17) is 5.73 Å². The molecule has 0 aromatic carbocycles. The first-order chi connectivity index (χ1) is 5.65. The van der Waals surface area contributed by atoms with Crippen LogP contribution >= 0.6 is 0 Å². The molecule has 1 aliphatic heterocycles. The standard InChI is InChI=1S/C9H16N2O/c1-2-11-6-7(5-8(11)12)9(10)3-4-9/h7H,2-6,10H2,1H3. The van der Waals surface area contributed by atoms with Gasteiger partial charge in [0.2, 0.25) is 5.91 Å². The number of hydrogen-bond acceptors (Lipinski definition) is 2. The molecule has 2 aliphatic rings. The number of amides is 1. The number of likely N-dealkylation sites (tertiary alicyclic amines) is 1. The van der Waals surface area contributed by atoms with E-state index < -0.39 is 0 Å². The van der Waals surface area contributed by atoms with E-state index in [0.717, 1.165) is 25.9 Å².